The lowest BCUT2D eigenvalue weighted by molar-refractivity contribution is -0.142. The fraction of sp³-hybridized carbons (Fsp3) is 0.536. The second kappa shape index (κ2) is 15.6. The number of nitrogens with two attached hydrogens (primary N) is 3. The van der Waals surface area contributed by atoms with Crippen LogP contribution in [-0.2, 0) is 25.6 Å². The Bertz CT molecular complexity index is 1220. The van der Waals surface area contributed by atoms with Crippen LogP contribution in [0.4, 0.5) is 0 Å². The molecule has 11 N–H and O–H groups in total. The van der Waals surface area contributed by atoms with E-state index >= 15 is 0 Å². The number of nitrogens with zero attached hydrogens (tertiary/aromatic N) is 1. The zero-order valence-electron chi connectivity index (χ0n) is 24.1. The second-order valence-electron chi connectivity index (χ2n) is 10.6. The molecule has 0 saturated carbocycles. The highest BCUT2D eigenvalue weighted by Crippen LogP contribution is 2.19. The molecule has 1 heterocycles. The van der Waals surface area contributed by atoms with Gasteiger partial charge in [-0.25, -0.2) is 4.79 Å². The summed E-state index contributed by atoms with van der Waals surface area (Å²) in [5.41, 5.74) is 18.3. The Hall–Kier alpha value is -4.13. The normalized spacial score (nSPS) is 14.9. The third-order valence-corrected chi connectivity index (χ3v) is 7.11. The van der Waals surface area contributed by atoms with Crippen molar-refractivity contribution in [2.75, 3.05) is 6.54 Å². The number of guanidine groups is 1. The minimum Gasteiger partial charge on any atom is -0.480 e. The van der Waals surface area contributed by atoms with Gasteiger partial charge < -0.3 is 43.2 Å². The van der Waals surface area contributed by atoms with Gasteiger partial charge in [0.1, 0.15) is 18.1 Å². The van der Waals surface area contributed by atoms with Crippen molar-refractivity contribution >= 4 is 40.6 Å². The summed E-state index contributed by atoms with van der Waals surface area (Å²) in [4.78, 5) is 58.6. The molecule has 0 spiro atoms. The Morgan fingerprint density at radius 1 is 0.976 bits per heavy atom. The Morgan fingerprint density at radius 2 is 1.63 bits per heavy atom. The standard InChI is InChI=1S/C28H44N8O5/c1-5-16(4)23(36-25(38)22(29)15(2)3)26(39)34-20(11-8-12-32-28(30)31)24(37)35-21(27(40)41)13-17-14-33-19-10-7-6-9-18(17)19/h6-7,9-10,14-16,20-23,33H,5,8,11-13,29H2,1-4H3,(H,34,39)(H,35,37)(H,36,38)(H,40,41)(H4,30,31,32). The summed E-state index contributed by atoms with van der Waals surface area (Å²) in [7, 11) is 0. The third-order valence-electron chi connectivity index (χ3n) is 7.11. The largest absolute Gasteiger partial charge is 0.480 e. The third kappa shape index (κ3) is 9.78. The maximum atomic E-state index is 13.4. The van der Waals surface area contributed by atoms with Gasteiger partial charge in [0.15, 0.2) is 5.96 Å². The highest BCUT2D eigenvalue weighted by Gasteiger charge is 2.33. The summed E-state index contributed by atoms with van der Waals surface area (Å²) in [6.45, 7) is 7.49. The van der Waals surface area contributed by atoms with Crippen LogP contribution < -0.4 is 33.2 Å². The number of nitrogens with one attached hydrogen (secondary N) is 4. The molecule has 13 nitrogen and oxygen atoms in total. The first-order valence-corrected chi connectivity index (χ1v) is 13.9. The first-order chi connectivity index (χ1) is 19.3. The van der Waals surface area contributed by atoms with Gasteiger partial charge in [0.2, 0.25) is 17.7 Å². The molecule has 0 saturated heterocycles. The fourth-order valence-electron chi connectivity index (χ4n) is 4.28. The average molecular weight is 573 g/mol. The lowest BCUT2D eigenvalue weighted by atomic mass is 9.96. The maximum Gasteiger partial charge on any atom is 0.326 e. The van der Waals surface area contributed by atoms with E-state index in [4.69, 9.17) is 17.2 Å². The molecule has 13 heteroatoms. The molecule has 2 rings (SSSR count). The lowest BCUT2D eigenvalue weighted by Gasteiger charge is -2.28. The van der Waals surface area contributed by atoms with Gasteiger partial charge in [-0.1, -0.05) is 52.3 Å². The average Bonchev–Trinajstić information content (AvgIpc) is 3.34. The number of hydrogen-bond acceptors (Lipinski definition) is 6. The number of benzene rings is 1. The number of carboxylic acid groups (broad SMARTS) is 1. The molecule has 0 aliphatic heterocycles. The SMILES string of the molecule is CCC(C)C(NC(=O)C(N)C(C)C)C(=O)NC(CCCN=C(N)N)C(=O)NC(Cc1c[nH]c2ccccc12)C(=O)O. The topological polar surface area (TPSA) is 231 Å². The van der Waals surface area contributed by atoms with E-state index in [0.717, 1.165) is 16.5 Å². The number of carbonyl (C=O) groups is 4. The van der Waals surface area contributed by atoms with Crippen molar-refractivity contribution in [1.29, 1.82) is 0 Å². The van der Waals surface area contributed by atoms with Crippen LogP contribution in [0.3, 0.4) is 0 Å². The summed E-state index contributed by atoms with van der Waals surface area (Å²) >= 11 is 0. The number of aliphatic carboxylic acids is 1. The van der Waals surface area contributed by atoms with Crippen LogP contribution in [-0.4, -0.2) is 70.5 Å². The number of fused-ring (bicyclic) bond motifs is 1. The van der Waals surface area contributed by atoms with Gasteiger partial charge in [0.05, 0.1) is 6.04 Å². The summed E-state index contributed by atoms with van der Waals surface area (Å²) in [5.74, 6) is -3.47. The maximum absolute atomic E-state index is 13.4. The zero-order chi connectivity index (χ0) is 30.7. The monoisotopic (exact) mass is 572 g/mol. The summed E-state index contributed by atoms with van der Waals surface area (Å²) < 4.78 is 0. The van der Waals surface area contributed by atoms with E-state index in [1.807, 2.05) is 31.2 Å². The number of hydrogen-bond donors (Lipinski definition) is 8. The van der Waals surface area contributed by atoms with E-state index in [-0.39, 0.29) is 37.2 Å². The first-order valence-electron chi connectivity index (χ1n) is 13.9. The van der Waals surface area contributed by atoms with Crippen molar-refractivity contribution in [3.63, 3.8) is 0 Å². The van der Waals surface area contributed by atoms with Crippen LogP contribution in [0.15, 0.2) is 35.5 Å². The van der Waals surface area contributed by atoms with Gasteiger partial charge in [-0.15, -0.1) is 0 Å². The molecule has 0 bridgehead atoms. The number of carbonyl (C=O) groups excluding carboxylic acids is 3. The van der Waals surface area contributed by atoms with Crippen LogP contribution in [0.2, 0.25) is 0 Å². The van der Waals surface area contributed by atoms with Crippen LogP contribution in [0.25, 0.3) is 10.9 Å². The van der Waals surface area contributed by atoms with E-state index in [1.54, 1.807) is 27.0 Å². The molecule has 41 heavy (non-hydrogen) atoms. The summed E-state index contributed by atoms with van der Waals surface area (Å²) in [5, 5.41) is 18.8. The predicted molar refractivity (Wildman–Crippen MR) is 158 cm³/mol. The molecule has 1 aromatic carbocycles. The second-order valence-corrected chi connectivity index (χ2v) is 10.6. The van der Waals surface area contributed by atoms with Gasteiger partial charge in [-0.05, 0) is 36.3 Å². The van der Waals surface area contributed by atoms with Gasteiger partial charge in [-0.2, -0.15) is 0 Å². The van der Waals surface area contributed by atoms with Crippen molar-refractivity contribution in [2.45, 2.75) is 77.5 Å². The Kier molecular flexibility index (Phi) is 12.6. The lowest BCUT2D eigenvalue weighted by Crippen LogP contribution is -2.59. The van der Waals surface area contributed by atoms with E-state index in [1.165, 1.54) is 0 Å². The Balaban J connectivity index is 2.24. The number of aromatic amines is 1. The number of rotatable bonds is 16. The van der Waals surface area contributed by atoms with Crippen molar-refractivity contribution < 1.29 is 24.3 Å². The minimum absolute atomic E-state index is 0.0262. The molecular weight excluding hydrogens is 528 g/mol. The van der Waals surface area contributed by atoms with Crippen molar-refractivity contribution in [1.82, 2.24) is 20.9 Å². The highest BCUT2D eigenvalue weighted by atomic mass is 16.4. The van der Waals surface area contributed by atoms with Crippen LogP contribution >= 0.6 is 0 Å². The molecule has 0 fully saturated rings. The van der Waals surface area contributed by atoms with Crippen LogP contribution in [0.5, 0.6) is 0 Å². The molecule has 0 aliphatic rings. The molecule has 2 aromatic rings. The molecule has 3 amide bonds. The van der Waals surface area contributed by atoms with Gasteiger partial charge in [-0.3, -0.25) is 19.4 Å². The van der Waals surface area contributed by atoms with Crippen molar-refractivity contribution in [3.8, 4) is 0 Å². The smallest absolute Gasteiger partial charge is 0.326 e. The molecule has 0 radical (unpaired) electrons. The molecule has 5 atom stereocenters. The first kappa shape index (κ1) is 33.1. The van der Waals surface area contributed by atoms with Crippen LogP contribution in [0, 0.1) is 11.8 Å². The fourth-order valence-corrected chi connectivity index (χ4v) is 4.28. The van der Waals surface area contributed by atoms with Gasteiger partial charge >= 0.3 is 5.97 Å². The van der Waals surface area contributed by atoms with Gasteiger partial charge in [0.25, 0.3) is 0 Å². The van der Waals surface area contributed by atoms with Crippen molar-refractivity contribution in [3.05, 3.63) is 36.0 Å². The molecule has 0 aliphatic carbocycles. The number of amides is 3. The quantitative estimate of drug-likeness (QED) is 0.0791. The van der Waals surface area contributed by atoms with E-state index in [0.29, 0.717) is 12.8 Å². The number of carboxylic acids is 1. The molecule has 1 aromatic heterocycles. The summed E-state index contributed by atoms with van der Waals surface area (Å²) in [6.07, 6.45) is 2.76. The Labute approximate surface area is 240 Å². The molecule has 5 unspecified atom stereocenters. The molecular formula is C28H44N8O5. The number of para-hydroxylation sites is 1. The zero-order valence-corrected chi connectivity index (χ0v) is 24.1. The highest BCUT2D eigenvalue weighted by molar-refractivity contribution is 5.94. The summed E-state index contributed by atoms with van der Waals surface area (Å²) in [6, 6.07) is 3.31. The number of H-pyrrole nitrogens is 1. The van der Waals surface area contributed by atoms with E-state index < -0.39 is 47.9 Å². The van der Waals surface area contributed by atoms with E-state index in [2.05, 4.69) is 25.9 Å². The van der Waals surface area contributed by atoms with Gasteiger partial charge in [0, 0.05) is 30.1 Å². The predicted octanol–water partition coefficient (Wildman–Crippen LogP) is 0.332. The van der Waals surface area contributed by atoms with E-state index in [9.17, 15) is 24.3 Å². The minimum atomic E-state index is -1.26. The Morgan fingerprint density at radius 3 is 2.24 bits per heavy atom. The van der Waals surface area contributed by atoms with Crippen LogP contribution in [0.1, 0.15) is 52.5 Å². The van der Waals surface area contributed by atoms with Crippen molar-refractivity contribution in [2.24, 2.45) is 34.0 Å². The molecule has 226 valence electrons. The number of aromatic nitrogens is 1. The number of aliphatic imine (C=N–C) groups is 1.